The average molecular weight is 558 g/mol. The van der Waals surface area contributed by atoms with Gasteiger partial charge in [0, 0.05) is 18.1 Å². The van der Waals surface area contributed by atoms with Gasteiger partial charge in [0.2, 0.25) is 26.0 Å². The van der Waals surface area contributed by atoms with E-state index < -0.39 is 32.0 Å². The lowest BCUT2D eigenvalue weighted by Gasteiger charge is -2.30. The second-order valence-electron chi connectivity index (χ2n) is 8.53. The maximum Gasteiger partial charge on any atom is 0.244 e. The fraction of sp³-hybridized carbons (Fsp3) is 0.458. The van der Waals surface area contributed by atoms with Gasteiger partial charge in [-0.1, -0.05) is 24.9 Å². The molecule has 1 N–H and O–H groups in total. The van der Waals surface area contributed by atoms with Crippen molar-refractivity contribution in [3.05, 3.63) is 53.6 Å². The number of nitrogens with zero attached hydrogens (tertiary/aromatic N) is 2. The van der Waals surface area contributed by atoms with Crippen LogP contribution in [0.1, 0.15) is 32.6 Å². The molecular weight excluding hydrogens is 526 g/mol. The van der Waals surface area contributed by atoms with E-state index in [2.05, 4.69) is 5.32 Å². The molecule has 1 atom stereocenters. The standard InChI is InChI=1S/C24H32ClN3O6S2/c1-3-23(28(35(2,30)31)20-9-7-19(25)8-10-20)24(29)26-15-18-34-21-11-13-22(14-12-21)36(32,33)27-16-5-4-6-17-27/h7-14,23H,3-6,15-18H2,1-2H3,(H,26,29)/t23-/m1/s1. The summed E-state index contributed by atoms with van der Waals surface area (Å²) in [5.74, 6) is 0.0114. The molecule has 0 aliphatic carbocycles. The maximum atomic E-state index is 12.8. The summed E-state index contributed by atoms with van der Waals surface area (Å²) in [4.78, 5) is 13.1. The molecule has 0 bridgehead atoms. The lowest BCUT2D eigenvalue weighted by Crippen LogP contribution is -2.50. The van der Waals surface area contributed by atoms with Gasteiger partial charge in [0.15, 0.2) is 0 Å². The van der Waals surface area contributed by atoms with E-state index in [0.29, 0.717) is 29.5 Å². The molecule has 2 aromatic carbocycles. The van der Waals surface area contributed by atoms with E-state index in [0.717, 1.165) is 29.8 Å². The highest BCUT2D eigenvalue weighted by molar-refractivity contribution is 7.92. The Bertz CT molecular complexity index is 1230. The SMILES string of the molecule is CC[C@H](C(=O)NCCOc1ccc(S(=O)(=O)N2CCCCC2)cc1)N(c1ccc(Cl)cc1)S(C)(=O)=O. The van der Waals surface area contributed by atoms with E-state index >= 15 is 0 Å². The monoisotopic (exact) mass is 557 g/mol. The molecule has 1 aliphatic heterocycles. The number of carbonyl (C=O) groups is 1. The van der Waals surface area contributed by atoms with Crippen LogP contribution in [0.15, 0.2) is 53.4 Å². The Morgan fingerprint density at radius 2 is 1.64 bits per heavy atom. The number of ether oxygens (including phenoxy) is 1. The van der Waals surface area contributed by atoms with Gasteiger partial charge >= 0.3 is 0 Å². The first-order valence-electron chi connectivity index (χ1n) is 11.8. The fourth-order valence-corrected chi connectivity index (χ4v) is 6.93. The van der Waals surface area contributed by atoms with E-state index in [-0.39, 0.29) is 24.5 Å². The van der Waals surface area contributed by atoms with Crippen LogP contribution in [0.2, 0.25) is 5.02 Å². The molecule has 36 heavy (non-hydrogen) atoms. The number of halogens is 1. The predicted molar refractivity (Wildman–Crippen MR) is 140 cm³/mol. The quantitative estimate of drug-likeness (QED) is 0.424. The van der Waals surface area contributed by atoms with Crippen LogP contribution in [-0.2, 0) is 24.8 Å². The van der Waals surface area contributed by atoms with Gasteiger partial charge in [-0.2, -0.15) is 4.31 Å². The number of anilines is 1. The number of rotatable bonds is 11. The number of sulfonamides is 2. The molecule has 3 rings (SSSR count). The van der Waals surface area contributed by atoms with Crippen molar-refractivity contribution in [2.75, 3.05) is 36.8 Å². The van der Waals surface area contributed by atoms with Crippen LogP contribution < -0.4 is 14.4 Å². The average Bonchev–Trinajstić information content (AvgIpc) is 2.86. The minimum Gasteiger partial charge on any atom is -0.492 e. The van der Waals surface area contributed by atoms with Gasteiger partial charge in [0.05, 0.1) is 23.4 Å². The summed E-state index contributed by atoms with van der Waals surface area (Å²) in [5, 5.41) is 3.18. The zero-order valence-corrected chi connectivity index (χ0v) is 22.8. The molecule has 1 saturated heterocycles. The first-order valence-corrected chi connectivity index (χ1v) is 15.5. The van der Waals surface area contributed by atoms with Gasteiger partial charge < -0.3 is 10.1 Å². The zero-order chi connectivity index (χ0) is 26.3. The van der Waals surface area contributed by atoms with Gasteiger partial charge in [0.1, 0.15) is 18.4 Å². The summed E-state index contributed by atoms with van der Waals surface area (Å²) in [5.41, 5.74) is 0.347. The topological polar surface area (TPSA) is 113 Å². The Morgan fingerprint density at radius 3 is 2.19 bits per heavy atom. The lowest BCUT2D eigenvalue weighted by molar-refractivity contribution is -0.122. The predicted octanol–water partition coefficient (Wildman–Crippen LogP) is 3.25. The fourth-order valence-electron chi connectivity index (χ4n) is 4.07. The molecule has 0 aromatic heterocycles. The summed E-state index contributed by atoms with van der Waals surface area (Å²) >= 11 is 5.91. The molecule has 0 radical (unpaired) electrons. The van der Waals surface area contributed by atoms with Crippen LogP contribution >= 0.6 is 11.6 Å². The van der Waals surface area contributed by atoms with Crippen LogP contribution in [0.25, 0.3) is 0 Å². The van der Waals surface area contributed by atoms with Crippen LogP contribution in [0.5, 0.6) is 5.75 Å². The Hall–Kier alpha value is -2.34. The molecule has 198 valence electrons. The Morgan fingerprint density at radius 1 is 1.03 bits per heavy atom. The van der Waals surface area contributed by atoms with Crippen molar-refractivity contribution in [3.63, 3.8) is 0 Å². The molecule has 1 fully saturated rings. The van der Waals surface area contributed by atoms with Gasteiger partial charge in [-0.15, -0.1) is 0 Å². The highest BCUT2D eigenvalue weighted by Crippen LogP contribution is 2.25. The van der Waals surface area contributed by atoms with E-state index in [4.69, 9.17) is 16.3 Å². The van der Waals surface area contributed by atoms with Crippen molar-refractivity contribution in [2.45, 2.75) is 43.5 Å². The third kappa shape index (κ3) is 7.12. The minimum atomic E-state index is -3.74. The van der Waals surface area contributed by atoms with Crippen molar-refractivity contribution in [2.24, 2.45) is 0 Å². The minimum absolute atomic E-state index is 0.125. The highest BCUT2D eigenvalue weighted by atomic mass is 35.5. The van der Waals surface area contributed by atoms with Crippen molar-refractivity contribution in [3.8, 4) is 5.75 Å². The third-order valence-corrected chi connectivity index (χ3v) is 9.20. The van der Waals surface area contributed by atoms with Crippen molar-refractivity contribution in [1.82, 2.24) is 9.62 Å². The van der Waals surface area contributed by atoms with E-state index in [9.17, 15) is 21.6 Å². The summed E-state index contributed by atoms with van der Waals surface area (Å²) in [6.07, 6.45) is 4.09. The Labute approximate surface area is 218 Å². The molecule has 1 aliphatic rings. The molecule has 0 unspecified atom stereocenters. The van der Waals surface area contributed by atoms with Gasteiger partial charge in [0.25, 0.3) is 0 Å². The smallest absolute Gasteiger partial charge is 0.244 e. The number of carbonyl (C=O) groups excluding carboxylic acids is 1. The molecule has 2 aromatic rings. The Balaban J connectivity index is 1.56. The first kappa shape index (κ1) is 28.2. The number of nitrogens with one attached hydrogen (secondary N) is 1. The van der Waals surface area contributed by atoms with Crippen LogP contribution in [0.4, 0.5) is 5.69 Å². The van der Waals surface area contributed by atoms with Gasteiger partial charge in [-0.3, -0.25) is 9.10 Å². The van der Waals surface area contributed by atoms with Crippen LogP contribution in [0, 0.1) is 0 Å². The molecule has 0 spiro atoms. The molecule has 1 heterocycles. The number of hydrogen-bond donors (Lipinski definition) is 1. The summed E-state index contributed by atoms with van der Waals surface area (Å²) in [6, 6.07) is 11.5. The van der Waals surface area contributed by atoms with Crippen molar-refractivity contribution < 1.29 is 26.4 Å². The van der Waals surface area contributed by atoms with Gasteiger partial charge in [-0.25, -0.2) is 16.8 Å². The number of hydrogen-bond acceptors (Lipinski definition) is 6. The normalized spacial score (nSPS) is 15.8. The van der Waals surface area contributed by atoms with E-state index in [1.165, 1.54) is 16.4 Å². The number of benzene rings is 2. The molecule has 1 amide bonds. The molecule has 9 nitrogen and oxygen atoms in total. The number of piperidine rings is 1. The van der Waals surface area contributed by atoms with Gasteiger partial charge in [-0.05, 0) is 67.8 Å². The second kappa shape index (κ2) is 12.3. The zero-order valence-electron chi connectivity index (χ0n) is 20.4. The first-order chi connectivity index (χ1) is 17.0. The molecule has 0 saturated carbocycles. The highest BCUT2D eigenvalue weighted by Gasteiger charge is 2.31. The molecule has 12 heteroatoms. The van der Waals surface area contributed by atoms with Crippen LogP contribution in [-0.4, -0.2) is 65.6 Å². The number of amides is 1. The van der Waals surface area contributed by atoms with Crippen molar-refractivity contribution in [1.29, 1.82) is 0 Å². The lowest BCUT2D eigenvalue weighted by atomic mass is 10.2. The third-order valence-electron chi connectivity index (χ3n) is 5.86. The summed E-state index contributed by atoms with van der Waals surface area (Å²) in [6.45, 7) is 3.07. The van der Waals surface area contributed by atoms with E-state index in [1.54, 1.807) is 43.3 Å². The van der Waals surface area contributed by atoms with E-state index in [1.807, 2.05) is 0 Å². The summed E-state index contributed by atoms with van der Waals surface area (Å²) < 4.78 is 58.7. The molecular formula is C24H32ClN3O6S2. The maximum absolute atomic E-state index is 12.8. The van der Waals surface area contributed by atoms with Crippen LogP contribution in [0.3, 0.4) is 0 Å². The van der Waals surface area contributed by atoms with Crippen molar-refractivity contribution >= 4 is 43.2 Å². The summed E-state index contributed by atoms with van der Waals surface area (Å²) in [7, 11) is -7.25. The second-order valence-corrected chi connectivity index (χ2v) is 12.8. The largest absolute Gasteiger partial charge is 0.492 e. The Kier molecular flexibility index (Phi) is 9.62.